The Balaban J connectivity index is 1.86. The average Bonchev–Trinajstić information content (AvgIpc) is 2.65. The van der Waals surface area contributed by atoms with Gasteiger partial charge in [-0.15, -0.1) is 0 Å². The summed E-state index contributed by atoms with van der Waals surface area (Å²) in [5.41, 5.74) is -0.316. The number of esters is 1. The third kappa shape index (κ3) is 3.90. The van der Waals surface area contributed by atoms with Gasteiger partial charge in [0, 0.05) is 29.1 Å². The van der Waals surface area contributed by atoms with Crippen LogP contribution in [0.25, 0.3) is 11.0 Å². The van der Waals surface area contributed by atoms with E-state index in [1.54, 1.807) is 18.2 Å². The predicted octanol–water partition coefficient (Wildman–Crippen LogP) is 3.72. The highest BCUT2D eigenvalue weighted by Gasteiger charge is 2.18. The Kier molecular flexibility index (Phi) is 5.09. The van der Waals surface area contributed by atoms with E-state index in [1.807, 2.05) is 0 Å². The van der Waals surface area contributed by atoms with Gasteiger partial charge in [0.1, 0.15) is 23.0 Å². The van der Waals surface area contributed by atoms with Crippen molar-refractivity contribution in [3.05, 3.63) is 79.1 Å². The van der Waals surface area contributed by atoms with Gasteiger partial charge >= 0.3 is 11.6 Å². The number of hydrogen-bond acceptors (Lipinski definition) is 7. The number of benzene rings is 2. The van der Waals surface area contributed by atoms with Crippen LogP contribution < -0.4 is 10.4 Å². The summed E-state index contributed by atoms with van der Waals surface area (Å²) in [5.74, 6) is -0.280. The summed E-state index contributed by atoms with van der Waals surface area (Å²) >= 11 is 5.73. The van der Waals surface area contributed by atoms with E-state index in [4.69, 9.17) is 25.5 Å². The van der Waals surface area contributed by atoms with Gasteiger partial charge in [-0.05, 0) is 24.3 Å². The summed E-state index contributed by atoms with van der Waals surface area (Å²) in [6.07, 6.45) is 0. The van der Waals surface area contributed by atoms with Crippen molar-refractivity contribution in [2.24, 2.45) is 0 Å². The molecule has 0 amide bonds. The summed E-state index contributed by atoms with van der Waals surface area (Å²) in [7, 11) is 1.48. The van der Waals surface area contributed by atoms with E-state index in [9.17, 15) is 19.7 Å². The molecule has 0 saturated carbocycles. The third-order valence-electron chi connectivity index (χ3n) is 3.77. The second-order valence-corrected chi connectivity index (χ2v) is 5.86. The Morgan fingerprint density at radius 2 is 2.00 bits per heavy atom. The van der Waals surface area contributed by atoms with Crippen LogP contribution in [0.2, 0.25) is 5.02 Å². The molecule has 0 bridgehead atoms. The topological polar surface area (TPSA) is 109 Å². The quantitative estimate of drug-likeness (QED) is 0.283. The third-order valence-corrected chi connectivity index (χ3v) is 4.09. The van der Waals surface area contributed by atoms with Crippen molar-refractivity contribution in [2.75, 3.05) is 7.11 Å². The predicted molar refractivity (Wildman–Crippen MR) is 96.3 cm³/mol. The minimum atomic E-state index is -0.787. The summed E-state index contributed by atoms with van der Waals surface area (Å²) in [6.45, 7) is -0.219. The van der Waals surface area contributed by atoms with E-state index in [2.05, 4.69) is 0 Å². The molecule has 138 valence electrons. The Morgan fingerprint density at radius 1 is 1.22 bits per heavy atom. The number of nitrogens with zero attached hydrogens (tertiary/aromatic N) is 1. The minimum Gasteiger partial charge on any atom is -0.497 e. The van der Waals surface area contributed by atoms with Gasteiger partial charge in [-0.3, -0.25) is 10.1 Å². The van der Waals surface area contributed by atoms with Gasteiger partial charge in [0.15, 0.2) is 0 Å². The lowest BCUT2D eigenvalue weighted by molar-refractivity contribution is -0.384. The summed E-state index contributed by atoms with van der Waals surface area (Å²) < 4.78 is 15.4. The summed E-state index contributed by atoms with van der Waals surface area (Å²) in [6, 6.07) is 9.71. The number of carbonyl (C=O) groups excluding carboxylic acids is 1. The van der Waals surface area contributed by atoms with Crippen LogP contribution in [0.3, 0.4) is 0 Å². The van der Waals surface area contributed by atoms with Crippen molar-refractivity contribution in [3.63, 3.8) is 0 Å². The highest BCUT2D eigenvalue weighted by atomic mass is 35.5. The molecule has 1 aromatic heterocycles. The maximum absolute atomic E-state index is 12.2. The van der Waals surface area contributed by atoms with E-state index < -0.39 is 22.2 Å². The fourth-order valence-corrected chi connectivity index (χ4v) is 2.65. The van der Waals surface area contributed by atoms with Crippen LogP contribution >= 0.6 is 11.6 Å². The standard InChI is InChI=1S/C18H12ClNO7/c1-25-12-3-4-13-11(7-17(21)27-16(13)8-12)9-26-18(22)10-2-5-14(19)15(6-10)20(23)24/h2-8H,9H2,1H3. The minimum absolute atomic E-state index is 0.0277. The van der Waals surface area contributed by atoms with Gasteiger partial charge in [0.05, 0.1) is 17.6 Å². The number of halogens is 1. The molecule has 0 aliphatic heterocycles. The fraction of sp³-hybridized carbons (Fsp3) is 0.111. The van der Waals surface area contributed by atoms with E-state index in [-0.39, 0.29) is 22.8 Å². The molecule has 9 heteroatoms. The number of ether oxygens (including phenoxy) is 2. The van der Waals surface area contributed by atoms with Crippen LogP contribution in [-0.2, 0) is 11.3 Å². The first-order valence-electron chi connectivity index (χ1n) is 7.61. The molecule has 3 rings (SSSR count). The van der Waals surface area contributed by atoms with Crippen LogP contribution in [0.4, 0.5) is 5.69 Å². The molecule has 0 N–H and O–H groups in total. The number of methoxy groups -OCH3 is 1. The van der Waals surface area contributed by atoms with Gasteiger partial charge in [0.2, 0.25) is 0 Å². The van der Waals surface area contributed by atoms with Crippen molar-refractivity contribution in [1.29, 1.82) is 0 Å². The summed E-state index contributed by atoms with van der Waals surface area (Å²) in [5, 5.41) is 11.4. The first-order valence-corrected chi connectivity index (χ1v) is 7.98. The number of rotatable bonds is 5. The molecule has 0 spiro atoms. The highest BCUT2D eigenvalue weighted by Crippen LogP contribution is 2.26. The van der Waals surface area contributed by atoms with Gasteiger partial charge < -0.3 is 13.9 Å². The molecular formula is C18H12ClNO7. The maximum Gasteiger partial charge on any atom is 0.338 e. The molecule has 0 unspecified atom stereocenters. The molecule has 2 aromatic carbocycles. The summed E-state index contributed by atoms with van der Waals surface area (Å²) in [4.78, 5) is 34.2. The molecule has 0 radical (unpaired) electrons. The van der Waals surface area contributed by atoms with Crippen LogP contribution in [0.15, 0.2) is 51.7 Å². The van der Waals surface area contributed by atoms with E-state index in [0.717, 1.165) is 6.07 Å². The van der Waals surface area contributed by atoms with Crippen LogP contribution in [0.5, 0.6) is 5.75 Å². The van der Waals surface area contributed by atoms with E-state index in [0.29, 0.717) is 16.7 Å². The normalized spacial score (nSPS) is 10.6. The zero-order valence-corrected chi connectivity index (χ0v) is 14.7. The molecule has 1 heterocycles. The number of nitro benzene ring substituents is 1. The van der Waals surface area contributed by atoms with Crippen molar-refractivity contribution >= 4 is 34.2 Å². The van der Waals surface area contributed by atoms with Crippen molar-refractivity contribution < 1.29 is 23.6 Å². The number of carbonyl (C=O) groups is 1. The Hall–Kier alpha value is -3.39. The van der Waals surface area contributed by atoms with E-state index in [1.165, 1.54) is 25.3 Å². The molecule has 0 atom stereocenters. The van der Waals surface area contributed by atoms with Gasteiger partial charge in [-0.2, -0.15) is 0 Å². The second-order valence-electron chi connectivity index (χ2n) is 5.45. The Labute approximate surface area is 157 Å². The number of fused-ring (bicyclic) bond motifs is 1. The van der Waals surface area contributed by atoms with Crippen LogP contribution in [0, 0.1) is 10.1 Å². The monoisotopic (exact) mass is 389 g/mol. The SMILES string of the molecule is COc1ccc2c(COC(=O)c3ccc(Cl)c([N+](=O)[O-])c3)cc(=O)oc2c1. The maximum atomic E-state index is 12.2. The Morgan fingerprint density at radius 3 is 2.70 bits per heavy atom. The molecule has 8 nitrogen and oxygen atoms in total. The molecule has 0 fully saturated rings. The van der Waals surface area contributed by atoms with Crippen molar-refractivity contribution in [2.45, 2.75) is 6.61 Å². The van der Waals surface area contributed by atoms with Crippen molar-refractivity contribution in [1.82, 2.24) is 0 Å². The molecule has 0 saturated heterocycles. The van der Waals surface area contributed by atoms with Gasteiger partial charge in [-0.25, -0.2) is 9.59 Å². The zero-order chi connectivity index (χ0) is 19.6. The molecular weight excluding hydrogens is 378 g/mol. The Bertz CT molecular complexity index is 1110. The molecule has 3 aromatic rings. The number of nitro groups is 1. The lowest BCUT2D eigenvalue weighted by Gasteiger charge is -2.08. The molecule has 27 heavy (non-hydrogen) atoms. The van der Waals surface area contributed by atoms with E-state index >= 15 is 0 Å². The first kappa shape index (κ1) is 18.4. The average molecular weight is 390 g/mol. The van der Waals surface area contributed by atoms with Gasteiger partial charge in [-0.1, -0.05) is 11.6 Å². The van der Waals surface area contributed by atoms with Crippen molar-refractivity contribution in [3.8, 4) is 5.75 Å². The fourth-order valence-electron chi connectivity index (χ4n) is 2.46. The lowest BCUT2D eigenvalue weighted by Crippen LogP contribution is -2.08. The largest absolute Gasteiger partial charge is 0.497 e. The highest BCUT2D eigenvalue weighted by molar-refractivity contribution is 6.32. The zero-order valence-electron chi connectivity index (χ0n) is 13.9. The van der Waals surface area contributed by atoms with Crippen LogP contribution in [0.1, 0.15) is 15.9 Å². The first-order chi connectivity index (χ1) is 12.9. The second kappa shape index (κ2) is 7.46. The smallest absolute Gasteiger partial charge is 0.338 e. The number of hydrogen-bond donors (Lipinski definition) is 0. The van der Waals surface area contributed by atoms with Gasteiger partial charge in [0.25, 0.3) is 5.69 Å². The lowest BCUT2D eigenvalue weighted by atomic mass is 10.1. The van der Waals surface area contributed by atoms with Crippen LogP contribution in [-0.4, -0.2) is 18.0 Å². The molecule has 0 aliphatic carbocycles. The molecule has 0 aliphatic rings.